The highest BCUT2D eigenvalue weighted by atomic mass is 35.5. The molecule has 0 aromatic heterocycles. The van der Waals surface area contributed by atoms with Crippen molar-refractivity contribution in [2.24, 2.45) is 0 Å². The summed E-state index contributed by atoms with van der Waals surface area (Å²) in [5.41, 5.74) is 1.12. The molecule has 0 radical (unpaired) electrons. The van der Waals surface area contributed by atoms with E-state index in [-0.39, 0.29) is 18.6 Å². The van der Waals surface area contributed by atoms with Crippen LogP contribution in [-0.4, -0.2) is 57.4 Å². The predicted molar refractivity (Wildman–Crippen MR) is 108 cm³/mol. The molecule has 1 aliphatic rings. The van der Waals surface area contributed by atoms with Crippen molar-refractivity contribution in [2.75, 3.05) is 46.6 Å². The number of carbonyl (C=O) groups excluding carboxylic acids is 1. The number of para-hydroxylation sites is 1. The second kappa shape index (κ2) is 10.3. The van der Waals surface area contributed by atoms with Gasteiger partial charge in [0.15, 0.2) is 6.61 Å². The van der Waals surface area contributed by atoms with Crippen molar-refractivity contribution in [1.82, 2.24) is 10.2 Å². The Morgan fingerprint density at radius 3 is 2.57 bits per heavy atom. The molecular weight excluding hydrogens is 380 g/mol. The van der Waals surface area contributed by atoms with Gasteiger partial charge in [0.1, 0.15) is 11.5 Å². The summed E-state index contributed by atoms with van der Waals surface area (Å²) in [5.74, 6) is 1.12. The third kappa shape index (κ3) is 5.61. The van der Waals surface area contributed by atoms with Crippen LogP contribution in [0.15, 0.2) is 48.5 Å². The number of hydrogen-bond donors (Lipinski definition) is 1. The third-order valence-corrected chi connectivity index (χ3v) is 4.99. The maximum Gasteiger partial charge on any atom is 0.258 e. The SMILES string of the molecule is COc1ccc(C(CNC(=O)COc2ccccc2Cl)N2CCOCC2)cc1. The Bertz CT molecular complexity index is 763. The number of rotatable bonds is 8. The minimum atomic E-state index is -0.188. The van der Waals surface area contributed by atoms with Crippen LogP contribution in [0.1, 0.15) is 11.6 Å². The zero-order valence-electron chi connectivity index (χ0n) is 15.9. The first-order valence-electron chi connectivity index (χ1n) is 9.27. The Hall–Kier alpha value is -2.28. The van der Waals surface area contributed by atoms with E-state index in [1.807, 2.05) is 36.4 Å². The van der Waals surface area contributed by atoms with Gasteiger partial charge in [0.05, 0.1) is 31.4 Å². The predicted octanol–water partition coefficient (Wildman–Crippen LogP) is 2.92. The zero-order chi connectivity index (χ0) is 19.8. The van der Waals surface area contributed by atoms with E-state index in [1.165, 1.54) is 0 Å². The highest BCUT2D eigenvalue weighted by Gasteiger charge is 2.23. The van der Waals surface area contributed by atoms with Crippen LogP contribution in [0.2, 0.25) is 5.02 Å². The molecule has 0 bridgehead atoms. The number of methoxy groups -OCH3 is 1. The van der Waals surface area contributed by atoms with Crippen molar-refractivity contribution < 1.29 is 19.0 Å². The Balaban J connectivity index is 1.60. The fourth-order valence-corrected chi connectivity index (χ4v) is 3.33. The second-order valence-electron chi connectivity index (χ2n) is 6.46. The average Bonchev–Trinajstić information content (AvgIpc) is 2.74. The Labute approximate surface area is 170 Å². The minimum Gasteiger partial charge on any atom is -0.497 e. The summed E-state index contributed by atoms with van der Waals surface area (Å²) < 4.78 is 16.2. The summed E-state index contributed by atoms with van der Waals surface area (Å²) in [5, 5.41) is 3.46. The Morgan fingerprint density at radius 1 is 1.18 bits per heavy atom. The summed E-state index contributed by atoms with van der Waals surface area (Å²) in [6.07, 6.45) is 0. The van der Waals surface area contributed by atoms with E-state index in [0.717, 1.165) is 24.4 Å². The molecule has 1 amide bonds. The van der Waals surface area contributed by atoms with Crippen LogP contribution in [0.5, 0.6) is 11.5 Å². The quantitative estimate of drug-likeness (QED) is 0.733. The van der Waals surface area contributed by atoms with E-state index in [4.69, 9.17) is 25.8 Å². The average molecular weight is 405 g/mol. The van der Waals surface area contributed by atoms with Crippen molar-refractivity contribution in [2.45, 2.75) is 6.04 Å². The van der Waals surface area contributed by atoms with Crippen LogP contribution >= 0.6 is 11.6 Å². The molecule has 7 heteroatoms. The van der Waals surface area contributed by atoms with Crippen molar-refractivity contribution in [3.05, 3.63) is 59.1 Å². The molecule has 2 aromatic carbocycles. The third-order valence-electron chi connectivity index (χ3n) is 4.68. The number of amides is 1. The number of carbonyl (C=O) groups is 1. The largest absolute Gasteiger partial charge is 0.497 e. The van der Waals surface area contributed by atoms with Crippen LogP contribution in [-0.2, 0) is 9.53 Å². The van der Waals surface area contributed by atoms with Crippen molar-refractivity contribution in [1.29, 1.82) is 0 Å². The minimum absolute atomic E-state index is 0.0547. The lowest BCUT2D eigenvalue weighted by molar-refractivity contribution is -0.123. The molecule has 3 rings (SSSR count). The molecule has 1 unspecified atom stereocenters. The molecule has 6 nitrogen and oxygen atoms in total. The molecule has 1 fully saturated rings. The van der Waals surface area contributed by atoms with Crippen LogP contribution in [0.3, 0.4) is 0 Å². The fraction of sp³-hybridized carbons (Fsp3) is 0.381. The van der Waals surface area contributed by atoms with E-state index in [1.54, 1.807) is 19.2 Å². The van der Waals surface area contributed by atoms with Crippen LogP contribution < -0.4 is 14.8 Å². The topological polar surface area (TPSA) is 60.0 Å². The van der Waals surface area contributed by atoms with Crippen LogP contribution in [0.4, 0.5) is 0 Å². The normalized spacial score (nSPS) is 15.6. The summed E-state index contributed by atoms with van der Waals surface area (Å²) in [4.78, 5) is 14.6. The van der Waals surface area contributed by atoms with E-state index in [0.29, 0.717) is 30.5 Å². The van der Waals surface area contributed by atoms with E-state index in [2.05, 4.69) is 10.2 Å². The van der Waals surface area contributed by atoms with E-state index >= 15 is 0 Å². The number of morpholine rings is 1. The van der Waals surface area contributed by atoms with Gasteiger partial charge < -0.3 is 19.5 Å². The van der Waals surface area contributed by atoms with Crippen LogP contribution in [0.25, 0.3) is 0 Å². The molecule has 0 spiro atoms. The molecule has 0 saturated carbocycles. The first-order valence-corrected chi connectivity index (χ1v) is 9.65. The number of nitrogens with zero attached hydrogens (tertiary/aromatic N) is 1. The van der Waals surface area contributed by atoms with Gasteiger partial charge in [0, 0.05) is 19.6 Å². The molecule has 1 saturated heterocycles. The van der Waals surface area contributed by atoms with Gasteiger partial charge in [-0.2, -0.15) is 0 Å². The van der Waals surface area contributed by atoms with Gasteiger partial charge in [-0.1, -0.05) is 35.9 Å². The number of nitrogens with one attached hydrogen (secondary N) is 1. The molecule has 2 aromatic rings. The standard InChI is InChI=1S/C21H25ClN2O4/c1-26-17-8-6-16(7-9-17)19(24-10-12-27-13-11-24)14-23-21(25)15-28-20-5-3-2-4-18(20)22/h2-9,19H,10-15H2,1H3,(H,23,25). The monoisotopic (exact) mass is 404 g/mol. The molecule has 1 aliphatic heterocycles. The number of hydrogen-bond acceptors (Lipinski definition) is 5. The van der Waals surface area contributed by atoms with E-state index in [9.17, 15) is 4.79 Å². The highest BCUT2D eigenvalue weighted by molar-refractivity contribution is 6.32. The lowest BCUT2D eigenvalue weighted by atomic mass is 10.0. The Morgan fingerprint density at radius 2 is 1.89 bits per heavy atom. The molecular formula is C21H25ClN2O4. The molecule has 1 N–H and O–H groups in total. The highest BCUT2D eigenvalue weighted by Crippen LogP contribution is 2.24. The molecule has 28 heavy (non-hydrogen) atoms. The number of ether oxygens (including phenoxy) is 3. The number of halogens is 1. The summed E-state index contributed by atoms with van der Waals surface area (Å²) in [7, 11) is 1.65. The van der Waals surface area contributed by atoms with Gasteiger partial charge in [-0.05, 0) is 29.8 Å². The second-order valence-corrected chi connectivity index (χ2v) is 6.87. The molecule has 1 atom stereocenters. The lowest BCUT2D eigenvalue weighted by Crippen LogP contribution is -2.44. The van der Waals surface area contributed by atoms with Crippen molar-refractivity contribution in [3.63, 3.8) is 0 Å². The first kappa shape index (κ1) is 20.5. The van der Waals surface area contributed by atoms with Gasteiger partial charge >= 0.3 is 0 Å². The maximum atomic E-state index is 12.3. The summed E-state index contributed by atoms with van der Waals surface area (Å²) >= 11 is 6.06. The summed E-state index contributed by atoms with van der Waals surface area (Å²) in [6, 6.07) is 15.1. The van der Waals surface area contributed by atoms with E-state index < -0.39 is 0 Å². The van der Waals surface area contributed by atoms with Crippen molar-refractivity contribution in [3.8, 4) is 11.5 Å². The van der Waals surface area contributed by atoms with Gasteiger partial charge in [-0.3, -0.25) is 9.69 Å². The van der Waals surface area contributed by atoms with Crippen molar-refractivity contribution >= 4 is 17.5 Å². The fourth-order valence-electron chi connectivity index (χ4n) is 3.14. The van der Waals surface area contributed by atoms with Gasteiger partial charge in [-0.25, -0.2) is 0 Å². The molecule has 1 heterocycles. The number of benzene rings is 2. The smallest absolute Gasteiger partial charge is 0.258 e. The molecule has 150 valence electrons. The maximum absolute atomic E-state index is 12.3. The molecule has 0 aliphatic carbocycles. The van der Waals surface area contributed by atoms with Gasteiger partial charge in [0.25, 0.3) is 5.91 Å². The lowest BCUT2D eigenvalue weighted by Gasteiger charge is -2.35. The van der Waals surface area contributed by atoms with Gasteiger partial charge in [-0.15, -0.1) is 0 Å². The zero-order valence-corrected chi connectivity index (χ0v) is 16.7. The first-order chi connectivity index (χ1) is 13.7. The summed E-state index contributed by atoms with van der Waals surface area (Å²) in [6.45, 7) is 3.43. The Kier molecular flexibility index (Phi) is 7.54. The van der Waals surface area contributed by atoms with Crippen LogP contribution in [0, 0.1) is 0 Å². The van der Waals surface area contributed by atoms with Gasteiger partial charge in [0.2, 0.25) is 0 Å².